The molecule has 3 saturated carbocycles. The van der Waals surface area contributed by atoms with Gasteiger partial charge in [0.05, 0.1) is 0 Å². The van der Waals surface area contributed by atoms with Gasteiger partial charge in [0, 0.05) is 120 Å². The summed E-state index contributed by atoms with van der Waals surface area (Å²) in [6, 6.07) is 31.2. The zero-order valence-electron chi connectivity index (χ0n) is 65.0. The molecule has 3 fully saturated rings. The Bertz CT molecular complexity index is 3750. The molecular weight excluding hydrogens is 1870 g/mol. The maximum Gasteiger partial charge on any atom is 1.00 e. The number of aryl methyl sites for hydroxylation is 5. The van der Waals surface area contributed by atoms with Crippen LogP contribution in [-0.2, 0) is 80.0 Å². The maximum absolute atomic E-state index is 12.6. The average molecular weight is 1990 g/mol. The average Bonchev–Trinajstić information content (AvgIpc) is 1.13. The number of carbonyl (C=O) groups is 8. The molecule has 4 amide bonds. The number of halogens is 10. The summed E-state index contributed by atoms with van der Waals surface area (Å²) in [6.45, 7) is 21.8. The fourth-order valence-corrected chi connectivity index (χ4v) is 14.3. The summed E-state index contributed by atoms with van der Waals surface area (Å²) in [5.41, 5.74) is 9.66. The molecular formula is C84H122Br5Cl2F3N5NaO15. The molecule has 13 rings (SSSR count). The van der Waals surface area contributed by atoms with Crippen LogP contribution >= 0.6 is 104 Å². The van der Waals surface area contributed by atoms with Gasteiger partial charge in [-0.05, 0) is 309 Å². The van der Waals surface area contributed by atoms with Gasteiger partial charge in [-0.3, -0.25) is 28.8 Å². The maximum atomic E-state index is 12.6. The van der Waals surface area contributed by atoms with Gasteiger partial charge in [-0.25, -0.2) is 9.59 Å². The number of hydrogen-bond acceptors (Lipinski definition) is 16. The molecule has 3 N–H and O–H groups in total. The molecule has 0 unspecified atom stereocenters. The van der Waals surface area contributed by atoms with E-state index in [1.807, 2.05) is 39.0 Å². The van der Waals surface area contributed by atoms with E-state index in [9.17, 15) is 46.7 Å². The fourth-order valence-electron chi connectivity index (χ4n) is 12.1. The number of carbonyl (C=O) groups excluding carboxylic acids is 8. The van der Waals surface area contributed by atoms with Crippen LogP contribution in [0.25, 0.3) is 0 Å². The molecule has 5 aromatic carbocycles. The van der Waals surface area contributed by atoms with E-state index < -0.39 is 41.6 Å². The van der Waals surface area contributed by atoms with Gasteiger partial charge in [0.25, 0.3) is 6.47 Å². The number of rotatable bonds is 4. The van der Waals surface area contributed by atoms with E-state index in [0.29, 0.717) is 66.3 Å². The number of benzene rings is 5. The summed E-state index contributed by atoms with van der Waals surface area (Å²) in [7, 11) is 2.00. The Morgan fingerprint density at radius 1 is 0.470 bits per heavy atom. The normalized spacial score (nSPS) is 17.7. The first-order valence-electron chi connectivity index (χ1n) is 35.7. The summed E-state index contributed by atoms with van der Waals surface area (Å²) >= 11 is 22.2. The van der Waals surface area contributed by atoms with Crippen LogP contribution in [0.15, 0.2) is 113 Å². The van der Waals surface area contributed by atoms with E-state index in [2.05, 4.69) is 171 Å². The Morgan fingerprint density at radius 3 is 1.01 bits per heavy atom. The van der Waals surface area contributed by atoms with Crippen molar-refractivity contribution in [2.75, 3.05) is 39.1 Å². The van der Waals surface area contributed by atoms with Gasteiger partial charge in [0.2, 0.25) is 23.0 Å². The van der Waals surface area contributed by atoms with E-state index >= 15 is 0 Å². The van der Waals surface area contributed by atoms with Gasteiger partial charge in [-0.2, -0.15) is 13.2 Å². The molecule has 115 heavy (non-hydrogen) atoms. The second-order valence-electron chi connectivity index (χ2n) is 28.9. The first-order valence-corrected chi connectivity index (χ1v) is 40.0. The van der Waals surface area contributed by atoms with Crippen molar-refractivity contribution in [2.45, 2.75) is 271 Å². The van der Waals surface area contributed by atoms with Crippen LogP contribution in [-0.4, -0.2) is 120 Å². The van der Waals surface area contributed by atoms with Crippen LogP contribution in [0.4, 0.5) is 51.2 Å². The van der Waals surface area contributed by atoms with Gasteiger partial charge < -0.3 is 59.5 Å². The van der Waals surface area contributed by atoms with Crippen molar-refractivity contribution in [3.8, 4) is 0 Å². The zero-order chi connectivity index (χ0) is 81.3. The Labute approximate surface area is 757 Å². The summed E-state index contributed by atoms with van der Waals surface area (Å²) in [6.07, 6.45) is 9.43. The van der Waals surface area contributed by atoms with Crippen molar-refractivity contribution < 1.29 is 116 Å². The number of nitrogens with zero attached hydrogens (tertiary/aromatic N) is 4. The van der Waals surface area contributed by atoms with Crippen LogP contribution in [0.2, 0.25) is 0 Å². The molecule has 5 aliphatic heterocycles. The number of aliphatic hydroxyl groups is 2. The van der Waals surface area contributed by atoms with Crippen molar-refractivity contribution >= 4 is 180 Å². The van der Waals surface area contributed by atoms with Crippen molar-refractivity contribution in [3.63, 3.8) is 0 Å². The number of nitrogens with one attached hydrogen (secondary N) is 1. The van der Waals surface area contributed by atoms with Crippen LogP contribution in [0.3, 0.4) is 0 Å². The number of hydrogen-bond donors (Lipinski definition) is 3. The minimum absolute atomic E-state index is 0. The van der Waals surface area contributed by atoms with Crippen LogP contribution in [0.5, 0.6) is 0 Å². The fraction of sp³-hybridized carbons (Fsp3) is 0.548. The number of ether oxygens (including phenoxy) is 3. The molecule has 5 atom stereocenters. The van der Waals surface area contributed by atoms with E-state index in [4.69, 9.17) is 41.3 Å². The van der Waals surface area contributed by atoms with Gasteiger partial charge in [-0.1, -0.05) is 117 Å². The third-order valence-electron chi connectivity index (χ3n) is 17.6. The molecule has 0 bridgehead atoms. The molecule has 644 valence electrons. The van der Waals surface area contributed by atoms with Gasteiger partial charge in [-0.15, -0.1) is 12.4 Å². The number of fused-ring (bicyclic) bond motifs is 5. The Kier molecular flexibility index (Phi) is 56.1. The molecule has 0 spiro atoms. The molecule has 3 aliphatic carbocycles. The Hall–Kier alpha value is -4.69. The van der Waals surface area contributed by atoms with Gasteiger partial charge in [0.15, 0.2) is 0 Å². The second kappa shape index (κ2) is 55.3. The third kappa shape index (κ3) is 39.1. The second-order valence-corrected chi connectivity index (χ2v) is 33.8. The Balaban J connectivity index is -0.000000616. The van der Waals surface area contributed by atoms with Crippen LogP contribution in [0.1, 0.15) is 219 Å². The summed E-state index contributed by atoms with van der Waals surface area (Å²) in [4.78, 5) is 97.8. The van der Waals surface area contributed by atoms with Crippen molar-refractivity contribution in [1.82, 2.24) is 0 Å². The standard InChI is InChI=1S/2C14H16BrNO.C12H11BrF3NO.C12H14BrNO.C10H12BrN.C10H18O5.C4H5ClO.CH2O3.2CH4O.5CH4.ClH.Na/c2*1-9-2-3-11-8-12(15)6-7-13(11)16(9)14(17)10-4-5-10;1-7-2-3-8-6-9(13)4-5-10(8)17(7)11(18)12(14,15)16;1-8-3-4-10-7-11(13)5-6-12(10)14(8)9(2)15;1-7-2-3-8-6-9(11)4-5-10(8)12-7;1-9(2,3)14-7(11)13-8(12)15-10(4,5)6;5-4(6)3-1-2-3;2-1-4-3;2*1-2;;;;;;;/h2*6-10H,2-5H2,1H3;4-7H,2-3H2,1H3;5-8H,3-4H2,1-2H3;4-7,12H,2-3H2,1H3;1-6H3;3H,1-2H2;1,3H;2*2H,1H3;5*1H4;1H;/q;;;;;;;;;;;;;;;;+1/p-1/t2*9-;7-;8-;7-;;;;;;;;;;;;/m00000............/s1. The largest absolute Gasteiger partial charge is 1.00 e. The minimum atomic E-state index is -4.84. The first kappa shape index (κ1) is 117. The molecule has 5 aromatic rings. The van der Waals surface area contributed by atoms with Crippen molar-refractivity contribution in [3.05, 3.63) is 141 Å². The van der Waals surface area contributed by atoms with Crippen molar-refractivity contribution in [2.24, 2.45) is 17.8 Å². The van der Waals surface area contributed by atoms with E-state index in [1.165, 1.54) is 45.3 Å². The van der Waals surface area contributed by atoms with Gasteiger partial charge >= 0.3 is 54.0 Å². The number of aliphatic hydroxyl groups excluding tert-OH is 2. The molecule has 20 nitrogen and oxygen atoms in total. The van der Waals surface area contributed by atoms with E-state index in [1.54, 1.807) is 73.6 Å². The molecule has 31 heteroatoms. The molecule has 5 heterocycles. The smallest absolute Gasteiger partial charge is 0.662 e. The SMILES string of the molecule is C.C.C.C.C.CC(=O)N1c2ccc(Br)cc2CC[C@@H]1C.CC(C)(C)OC(=O)OC(=O)OC(C)(C)C.CO.CO.C[C@H]1CCc2cc(Br)ccc2N1.C[C@H]1CCc2cc(Br)ccc2N1C(=O)C(F)(F)F.C[C@H]1CCc2cc(Br)ccc2N1C(=O)C1CC1.C[C@H]1CCc2cc(Br)ccc2N1C(=O)C1CC1.Cl.O=C(Cl)C1CC1.O=CO[O-].[Na+]. The van der Waals surface area contributed by atoms with Gasteiger partial charge in [0.1, 0.15) is 11.2 Å². The van der Waals surface area contributed by atoms with Crippen LogP contribution < -0.4 is 59.7 Å². The number of anilines is 5. The predicted octanol–water partition coefficient (Wildman–Crippen LogP) is 19.4. The van der Waals surface area contributed by atoms with E-state index in [-0.39, 0.29) is 103 Å². The van der Waals surface area contributed by atoms with Crippen molar-refractivity contribution in [1.29, 1.82) is 0 Å². The monoisotopic (exact) mass is 1990 g/mol. The predicted molar refractivity (Wildman–Crippen MR) is 472 cm³/mol. The number of amides is 4. The molecule has 0 radical (unpaired) electrons. The third-order valence-corrected chi connectivity index (χ3v) is 20.4. The molecule has 0 aromatic heterocycles. The number of alkyl halides is 3. The topological polar surface area (TPSA) is 262 Å². The molecule has 8 aliphatic rings. The first-order chi connectivity index (χ1) is 50.7. The van der Waals surface area contributed by atoms with E-state index in [0.717, 1.165) is 137 Å². The summed E-state index contributed by atoms with van der Waals surface area (Å²) in [5, 5.41) is 25.7. The summed E-state index contributed by atoms with van der Waals surface area (Å²) < 4.78 is 56.8. The zero-order valence-corrected chi connectivity index (χ0v) is 76.5. The summed E-state index contributed by atoms with van der Waals surface area (Å²) in [5.74, 6) is -0.170. The van der Waals surface area contributed by atoms with Crippen LogP contribution in [0, 0.1) is 17.8 Å². The molecule has 0 saturated heterocycles. The Morgan fingerprint density at radius 2 is 0.739 bits per heavy atom. The minimum Gasteiger partial charge on any atom is -0.662 e. The quantitative estimate of drug-likeness (QED) is 0.0287.